The molecule has 2 N–H and O–H groups in total. The average molecular weight is 684 g/mol. The quantitative estimate of drug-likeness (QED) is 0.123. The van der Waals surface area contributed by atoms with Gasteiger partial charge in [0.1, 0.15) is 17.8 Å². The number of ether oxygens (including phenoxy) is 1. The van der Waals surface area contributed by atoms with Crippen molar-refractivity contribution in [3.63, 3.8) is 0 Å². The van der Waals surface area contributed by atoms with Crippen molar-refractivity contribution in [2.24, 2.45) is 18.9 Å². The van der Waals surface area contributed by atoms with E-state index in [1.54, 1.807) is 26.6 Å². The van der Waals surface area contributed by atoms with Gasteiger partial charge in [-0.3, -0.25) is 10.00 Å². The summed E-state index contributed by atoms with van der Waals surface area (Å²) in [5.41, 5.74) is 4.21. The van der Waals surface area contributed by atoms with Gasteiger partial charge in [-0.15, -0.1) is 4.98 Å². The number of aryl methyl sites for hydroxylation is 1. The molecule has 4 aromatic rings. The van der Waals surface area contributed by atoms with E-state index < -0.39 is 12.7 Å². The molecule has 14 heteroatoms. The fraction of sp³-hybridized carbons (Fsp3) is 0.417. The monoisotopic (exact) mass is 683 g/mol. The number of carbonyl (C=O) groups is 1. The summed E-state index contributed by atoms with van der Waals surface area (Å²) in [6.07, 6.45) is 10.3. The Balaban J connectivity index is 1.16. The highest BCUT2D eigenvalue weighted by Crippen LogP contribution is 2.43. The Morgan fingerprint density at radius 1 is 1.10 bits per heavy atom. The van der Waals surface area contributed by atoms with Crippen LogP contribution in [-0.2, 0) is 18.3 Å². The van der Waals surface area contributed by atoms with Crippen LogP contribution in [0.3, 0.4) is 0 Å². The molecule has 2 amide bonds. The molecule has 1 saturated carbocycles. The number of aromatic nitrogens is 5. The van der Waals surface area contributed by atoms with Crippen molar-refractivity contribution in [3.8, 4) is 17.2 Å². The zero-order valence-electron chi connectivity index (χ0n) is 28.2. The van der Waals surface area contributed by atoms with E-state index in [2.05, 4.69) is 43.4 Å². The van der Waals surface area contributed by atoms with Crippen molar-refractivity contribution in [3.05, 3.63) is 78.4 Å². The molecule has 1 aliphatic carbocycles. The van der Waals surface area contributed by atoms with E-state index in [4.69, 9.17) is 4.98 Å². The van der Waals surface area contributed by atoms with Crippen molar-refractivity contribution in [2.75, 3.05) is 29.9 Å². The van der Waals surface area contributed by atoms with Crippen molar-refractivity contribution in [1.82, 2.24) is 30.0 Å². The number of nitriles is 1. The molecule has 0 bridgehead atoms. The second-order valence-electron chi connectivity index (χ2n) is 12.6. The maximum absolute atomic E-state index is 13.9. The first-order valence-corrected chi connectivity index (χ1v) is 17.0. The zero-order chi connectivity index (χ0) is 35.0. The summed E-state index contributed by atoms with van der Waals surface area (Å²) in [7, 11) is 1.87. The van der Waals surface area contributed by atoms with Gasteiger partial charge in [0.2, 0.25) is 5.95 Å². The Morgan fingerprint density at radius 2 is 1.92 bits per heavy atom. The molecular formula is C36H41F2N10O2+. The van der Waals surface area contributed by atoms with Crippen LogP contribution in [0.1, 0.15) is 50.2 Å². The van der Waals surface area contributed by atoms with Gasteiger partial charge in [0.25, 0.3) is 5.82 Å². The number of hydrogen-bond donors (Lipinski definition) is 2. The molecule has 3 aromatic heterocycles. The Bertz CT molecular complexity index is 1840. The van der Waals surface area contributed by atoms with E-state index in [1.807, 2.05) is 55.7 Å². The van der Waals surface area contributed by atoms with Gasteiger partial charge in [-0.2, -0.15) is 28.7 Å². The summed E-state index contributed by atoms with van der Waals surface area (Å²) in [5, 5.41) is 20.2. The summed E-state index contributed by atoms with van der Waals surface area (Å²) in [6.45, 7) is 0.960. The van der Waals surface area contributed by atoms with Crippen LogP contribution in [-0.4, -0.2) is 73.4 Å². The maximum Gasteiger partial charge on any atom is 0.441 e. The van der Waals surface area contributed by atoms with Crippen LogP contribution in [0.15, 0.2) is 67.3 Å². The molecule has 0 radical (unpaired) electrons. The summed E-state index contributed by atoms with van der Waals surface area (Å²) < 4.78 is 33.6. The number of rotatable bonds is 14. The number of halogens is 2. The van der Waals surface area contributed by atoms with E-state index >= 15 is 0 Å². The number of alkyl halides is 2. The number of pyridine rings is 1. The molecule has 3 atom stereocenters. The van der Waals surface area contributed by atoms with Crippen LogP contribution in [0.2, 0.25) is 0 Å². The van der Waals surface area contributed by atoms with Gasteiger partial charge in [-0.25, -0.2) is 9.78 Å². The van der Waals surface area contributed by atoms with E-state index in [1.165, 1.54) is 6.20 Å². The lowest BCUT2D eigenvalue weighted by Crippen LogP contribution is -2.32. The van der Waals surface area contributed by atoms with Crippen molar-refractivity contribution >= 4 is 29.3 Å². The molecule has 1 aromatic carbocycles. The maximum atomic E-state index is 13.9. The number of nitrogens with one attached hydrogen (secondary N) is 2. The lowest BCUT2D eigenvalue weighted by Gasteiger charge is -2.19. The first-order chi connectivity index (χ1) is 24.3. The molecule has 2 fully saturated rings. The molecule has 12 nitrogen and oxygen atoms in total. The van der Waals surface area contributed by atoms with Crippen molar-refractivity contribution in [1.29, 1.82) is 5.26 Å². The van der Waals surface area contributed by atoms with Gasteiger partial charge >= 0.3 is 12.6 Å². The number of benzene rings is 1. The average Bonchev–Trinajstić information content (AvgIpc) is 3.39. The van der Waals surface area contributed by atoms with Gasteiger partial charge in [-0.1, -0.05) is 43.7 Å². The van der Waals surface area contributed by atoms with Crippen LogP contribution in [0, 0.1) is 23.2 Å². The predicted octanol–water partition coefficient (Wildman–Crippen LogP) is 5.89. The summed E-state index contributed by atoms with van der Waals surface area (Å²) in [4.78, 5) is 29.3. The molecule has 1 saturated heterocycles. The van der Waals surface area contributed by atoms with Gasteiger partial charge in [0.15, 0.2) is 5.82 Å². The van der Waals surface area contributed by atoms with E-state index in [0.29, 0.717) is 43.6 Å². The normalized spacial score (nSPS) is 19.4. The van der Waals surface area contributed by atoms with Gasteiger partial charge in [0, 0.05) is 61.9 Å². The summed E-state index contributed by atoms with van der Waals surface area (Å²) in [6, 6.07) is 15.6. The highest BCUT2D eigenvalue weighted by molar-refractivity contribution is 6.03. The van der Waals surface area contributed by atoms with E-state index in [-0.39, 0.29) is 30.0 Å². The number of anilines is 2. The molecule has 6 rings (SSSR count). The topological polar surface area (TPSA) is 137 Å². The minimum absolute atomic E-state index is 0.202. The Hall–Kier alpha value is -5.29. The number of carbonyl (C=O) groups excluding carboxylic acids is 1. The summed E-state index contributed by atoms with van der Waals surface area (Å²) >= 11 is 0. The van der Waals surface area contributed by atoms with Gasteiger partial charge in [-0.05, 0) is 37.3 Å². The highest BCUT2D eigenvalue weighted by Gasteiger charge is 2.50. The minimum atomic E-state index is -2.84. The van der Waals surface area contributed by atoms with Crippen molar-refractivity contribution in [2.45, 2.75) is 58.3 Å². The first-order valence-electron chi connectivity index (χ1n) is 17.0. The SMILES string of the molecule is CCCC1/C(=[N+](/C(=O)NCc2ccccc2)c2ccc(-c3cnn(C)c3)cn2)C1CCCNc1ncc(C#N)c(N2CCC(OC(F)F)C2)n1. The minimum Gasteiger partial charge on any atom is -0.354 e. The Labute approximate surface area is 289 Å². The smallest absolute Gasteiger partial charge is 0.354 e. The molecule has 4 heterocycles. The number of amides is 2. The van der Waals surface area contributed by atoms with Gasteiger partial charge in [0.05, 0.1) is 30.8 Å². The lowest BCUT2D eigenvalue weighted by molar-refractivity contribution is -0.337. The largest absolute Gasteiger partial charge is 0.441 e. The number of hydrogen-bond acceptors (Lipinski definition) is 9. The molecule has 260 valence electrons. The molecule has 3 unspecified atom stereocenters. The third-order valence-electron chi connectivity index (χ3n) is 9.10. The number of urea groups is 1. The molecule has 1 aliphatic heterocycles. The van der Waals surface area contributed by atoms with E-state index in [9.17, 15) is 18.8 Å². The first kappa shape index (κ1) is 34.6. The molecule has 2 aliphatic rings. The Morgan fingerprint density at radius 3 is 2.62 bits per heavy atom. The van der Waals surface area contributed by atoms with E-state index in [0.717, 1.165) is 48.1 Å². The number of nitrogens with zero attached hydrogens (tertiary/aromatic N) is 8. The van der Waals surface area contributed by atoms with Crippen LogP contribution in [0.5, 0.6) is 0 Å². The van der Waals surface area contributed by atoms with Crippen LogP contribution in [0.25, 0.3) is 11.1 Å². The zero-order valence-corrected chi connectivity index (χ0v) is 28.2. The second kappa shape index (κ2) is 15.9. The van der Waals surface area contributed by atoms with Gasteiger partial charge < -0.3 is 15.0 Å². The van der Waals surface area contributed by atoms with Crippen LogP contribution < -0.4 is 15.5 Å². The lowest BCUT2D eigenvalue weighted by atomic mass is 10.1. The predicted molar refractivity (Wildman–Crippen MR) is 184 cm³/mol. The molecule has 0 spiro atoms. The summed E-state index contributed by atoms with van der Waals surface area (Å²) in [5.74, 6) is 1.79. The van der Waals surface area contributed by atoms with Crippen molar-refractivity contribution < 1.29 is 22.9 Å². The van der Waals surface area contributed by atoms with Crippen LogP contribution >= 0.6 is 0 Å². The Kier molecular flexibility index (Phi) is 11.0. The molecular weight excluding hydrogens is 642 g/mol. The third kappa shape index (κ3) is 8.28. The molecule has 50 heavy (non-hydrogen) atoms. The second-order valence-corrected chi connectivity index (χ2v) is 12.6. The highest BCUT2D eigenvalue weighted by atomic mass is 19.3. The third-order valence-corrected chi connectivity index (χ3v) is 9.10. The fourth-order valence-corrected chi connectivity index (χ4v) is 6.65. The standard InChI is InChI=1S/C36H40F2N10O2/c1-3-8-29-30(11-7-15-40-35-42-20-26(17-39)33(45-35)47-16-14-28(23-47)50-34(37)38)32(29)48(36(49)43-18-24-9-5-4-6-10-24)31-13-12-25(19-41-31)27-21-44-46(2)22-27/h4-6,9-10,12-13,19-22,28-30,34H,3,7-8,11,14-16,18,23H2,1-2H3,(H-,40,42,43,45,49)/p+1/b48-32-. The fourth-order valence-electron chi connectivity index (χ4n) is 6.65. The van der Waals surface area contributed by atoms with Crippen LogP contribution in [0.4, 0.5) is 31.2 Å².